The number of rotatable bonds is 6. The van der Waals surface area contributed by atoms with Crippen molar-refractivity contribution >= 4 is 15.9 Å². The van der Waals surface area contributed by atoms with Crippen molar-refractivity contribution in [2.24, 2.45) is 16.8 Å². The van der Waals surface area contributed by atoms with Crippen LogP contribution >= 0.6 is 0 Å². The molecule has 0 aromatic heterocycles. The quantitative estimate of drug-likeness (QED) is 0.304. The molecule has 7 heteroatoms. The predicted molar refractivity (Wildman–Crippen MR) is 61.8 cm³/mol. The molecule has 1 atom stereocenters. The Kier molecular flexibility index (Phi) is 4.15. The first-order chi connectivity index (χ1) is 7.36. The van der Waals surface area contributed by atoms with Gasteiger partial charge in [0.15, 0.2) is 0 Å². The van der Waals surface area contributed by atoms with Gasteiger partial charge in [0.1, 0.15) is 5.84 Å². The second-order valence-electron chi connectivity index (χ2n) is 4.38. The van der Waals surface area contributed by atoms with Crippen molar-refractivity contribution in [1.82, 2.24) is 4.31 Å². The third kappa shape index (κ3) is 3.64. The Balaban J connectivity index is 2.57. The van der Waals surface area contributed by atoms with Crippen LogP contribution in [0.1, 0.15) is 26.2 Å². The highest BCUT2D eigenvalue weighted by Crippen LogP contribution is 2.31. The van der Waals surface area contributed by atoms with Gasteiger partial charge in [-0.15, -0.1) is 0 Å². The van der Waals surface area contributed by atoms with Crippen molar-refractivity contribution in [3.8, 4) is 0 Å². The summed E-state index contributed by atoms with van der Waals surface area (Å²) >= 11 is 0. The molecule has 0 saturated heterocycles. The van der Waals surface area contributed by atoms with Crippen LogP contribution in [-0.2, 0) is 10.0 Å². The van der Waals surface area contributed by atoms with Gasteiger partial charge in [-0.1, -0.05) is 5.16 Å². The van der Waals surface area contributed by atoms with E-state index in [2.05, 4.69) is 5.16 Å². The molecule has 3 N–H and O–H groups in total. The predicted octanol–water partition coefficient (Wildman–Crippen LogP) is 0.183. The van der Waals surface area contributed by atoms with Crippen LogP contribution in [0, 0.1) is 5.92 Å². The van der Waals surface area contributed by atoms with Gasteiger partial charge < -0.3 is 10.9 Å². The zero-order valence-corrected chi connectivity index (χ0v) is 10.4. The number of hydrogen-bond donors (Lipinski definition) is 2. The molecule has 0 aromatic carbocycles. The maximum atomic E-state index is 11.9. The molecule has 1 aliphatic rings. The van der Waals surface area contributed by atoms with Gasteiger partial charge in [0.2, 0.25) is 10.0 Å². The third-order valence-electron chi connectivity index (χ3n) is 2.84. The van der Waals surface area contributed by atoms with Gasteiger partial charge in [0.05, 0.1) is 5.75 Å². The van der Waals surface area contributed by atoms with E-state index < -0.39 is 10.0 Å². The van der Waals surface area contributed by atoms with E-state index in [1.165, 1.54) is 11.4 Å². The van der Waals surface area contributed by atoms with Crippen LogP contribution in [-0.4, -0.2) is 42.6 Å². The SMILES string of the molecule is CC(CC(N)=NO)N(C)S(=O)(=O)CC1CC1. The smallest absolute Gasteiger partial charge is 0.214 e. The molecule has 6 nitrogen and oxygen atoms in total. The standard InChI is InChI=1S/C9H19N3O3S/c1-7(5-9(10)11-13)12(2)16(14,15)6-8-3-4-8/h7-8,13H,3-6H2,1-2H3,(H2,10,11). The molecule has 94 valence electrons. The van der Waals surface area contributed by atoms with Gasteiger partial charge >= 0.3 is 0 Å². The molecule has 0 aromatic rings. The first-order valence-corrected chi connectivity index (χ1v) is 6.90. The topological polar surface area (TPSA) is 96.0 Å². The highest BCUT2D eigenvalue weighted by molar-refractivity contribution is 7.89. The summed E-state index contributed by atoms with van der Waals surface area (Å²) in [6, 6.07) is -0.292. The van der Waals surface area contributed by atoms with E-state index in [1.54, 1.807) is 6.92 Å². The fourth-order valence-corrected chi connectivity index (χ4v) is 3.23. The van der Waals surface area contributed by atoms with E-state index in [0.717, 1.165) is 12.8 Å². The van der Waals surface area contributed by atoms with Crippen LogP contribution in [0.25, 0.3) is 0 Å². The molecule has 1 rings (SSSR count). The van der Waals surface area contributed by atoms with E-state index in [0.29, 0.717) is 5.92 Å². The van der Waals surface area contributed by atoms with Crippen molar-refractivity contribution < 1.29 is 13.6 Å². The lowest BCUT2D eigenvalue weighted by Gasteiger charge is -2.23. The summed E-state index contributed by atoms with van der Waals surface area (Å²) in [6.07, 6.45) is 2.24. The summed E-state index contributed by atoms with van der Waals surface area (Å²) in [5.41, 5.74) is 5.35. The number of amidine groups is 1. The van der Waals surface area contributed by atoms with Gasteiger partial charge in [-0.05, 0) is 25.7 Å². The van der Waals surface area contributed by atoms with Crippen molar-refractivity contribution in [2.45, 2.75) is 32.2 Å². The lowest BCUT2D eigenvalue weighted by atomic mass is 10.2. The summed E-state index contributed by atoms with van der Waals surface area (Å²) in [5, 5.41) is 11.3. The molecule has 0 radical (unpaired) electrons. The summed E-state index contributed by atoms with van der Waals surface area (Å²) in [7, 11) is -1.67. The molecule has 0 aliphatic heterocycles. The highest BCUT2D eigenvalue weighted by atomic mass is 32.2. The first-order valence-electron chi connectivity index (χ1n) is 5.29. The molecule has 16 heavy (non-hydrogen) atoms. The Hall–Kier alpha value is -0.820. The molecular formula is C9H19N3O3S. The average Bonchev–Trinajstić information content (AvgIpc) is 2.99. The zero-order chi connectivity index (χ0) is 12.3. The monoisotopic (exact) mass is 249 g/mol. The Morgan fingerprint density at radius 1 is 1.62 bits per heavy atom. The van der Waals surface area contributed by atoms with Crippen LogP contribution in [0.15, 0.2) is 5.16 Å². The van der Waals surface area contributed by atoms with Crippen molar-refractivity contribution in [1.29, 1.82) is 0 Å². The third-order valence-corrected chi connectivity index (χ3v) is 4.97. The lowest BCUT2D eigenvalue weighted by Crippen LogP contribution is -2.39. The van der Waals surface area contributed by atoms with Gasteiger partial charge in [-0.2, -0.15) is 0 Å². The largest absolute Gasteiger partial charge is 0.409 e. The van der Waals surface area contributed by atoms with E-state index in [1.807, 2.05) is 0 Å². The van der Waals surface area contributed by atoms with Crippen molar-refractivity contribution in [3.63, 3.8) is 0 Å². The molecule has 1 fully saturated rings. The number of nitrogens with zero attached hydrogens (tertiary/aromatic N) is 2. The van der Waals surface area contributed by atoms with Gasteiger partial charge in [-0.3, -0.25) is 0 Å². The maximum absolute atomic E-state index is 11.9. The van der Waals surface area contributed by atoms with Gasteiger partial charge in [-0.25, -0.2) is 12.7 Å². The summed E-state index contributed by atoms with van der Waals surface area (Å²) in [4.78, 5) is 0. The minimum atomic E-state index is -3.21. The number of hydrogen-bond acceptors (Lipinski definition) is 4. The van der Waals surface area contributed by atoms with Crippen LogP contribution in [0.3, 0.4) is 0 Å². The fraction of sp³-hybridized carbons (Fsp3) is 0.889. The van der Waals surface area contributed by atoms with Crippen molar-refractivity contribution in [3.05, 3.63) is 0 Å². The Morgan fingerprint density at radius 3 is 2.62 bits per heavy atom. The molecule has 1 saturated carbocycles. The summed E-state index contributed by atoms with van der Waals surface area (Å²) < 4.78 is 25.1. The number of nitrogens with two attached hydrogens (primary N) is 1. The fourth-order valence-electron chi connectivity index (χ4n) is 1.45. The van der Waals surface area contributed by atoms with Crippen LogP contribution in [0.2, 0.25) is 0 Å². The molecule has 0 spiro atoms. The number of sulfonamides is 1. The molecule has 0 heterocycles. The van der Waals surface area contributed by atoms with E-state index in [9.17, 15) is 8.42 Å². The first kappa shape index (κ1) is 13.2. The Bertz CT molecular complexity index is 362. The van der Waals surface area contributed by atoms with E-state index in [-0.39, 0.29) is 24.1 Å². The average molecular weight is 249 g/mol. The number of oxime groups is 1. The Labute approximate surface area is 96.2 Å². The minimum Gasteiger partial charge on any atom is -0.409 e. The second-order valence-corrected chi connectivity index (χ2v) is 6.46. The molecule has 0 amide bonds. The lowest BCUT2D eigenvalue weighted by molar-refractivity contribution is 0.313. The maximum Gasteiger partial charge on any atom is 0.214 e. The molecule has 1 aliphatic carbocycles. The molecule has 1 unspecified atom stereocenters. The second kappa shape index (κ2) is 5.01. The van der Waals surface area contributed by atoms with Crippen molar-refractivity contribution in [2.75, 3.05) is 12.8 Å². The van der Waals surface area contributed by atoms with Gasteiger partial charge in [0, 0.05) is 19.5 Å². The van der Waals surface area contributed by atoms with E-state index >= 15 is 0 Å². The van der Waals surface area contributed by atoms with E-state index in [4.69, 9.17) is 10.9 Å². The normalized spacial score (nSPS) is 20.1. The molecular weight excluding hydrogens is 230 g/mol. The summed E-state index contributed by atoms with van der Waals surface area (Å²) in [5.74, 6) is 0.578. The van der Waals surface area contributed by atoms with Crippen LogP contribution < -0.4 is 5.73 Å². The minimum absolute atomic E-state index is 0.0426. The van der Waals surface area contributed by atoms with Gasteiger partial charge in [0.25, 0.3) is 0 Å². The highest BCUT2D eigenvalue weighted by Gasteiger charge is 2.32. The Morgan fingerprint density at radius 2 is 2.19 bits per heavy atom. The van der Waals surface area contributed by atoms with Crippen LogP contribution in [0.5, 0.6) is 0 Å². The zero-order valence-electron chi connectivity index (χ0n) is 9.63. The molecule has 0 bridgehead atoms. The summed E-state index contributed by atoms with van der Waals surface area (Å²) in [6.45, 7) is 1.74. The van der Waals surface area contributed by atoms with Crippen LogP contribution in [0.4, 0.5) is 0 Å².